The Balaban J connectivity index is 1.84. The third kappa shape index (κ3) is 3.64. The highest BCUT2D eigenvalue weighted by Crippen LogP contribution is 2.32. The van der Waals surface area contributed by atoms with E-state index in [-0.39, 0.29) is 17.6 Å². The van der Waals surface area contributed by atoms with E-state index in [1.807, 2.05) is 4.90 Å². The molecule has 3 rings (SSSR count). The van der Waals surface area contributed by atoms with E-state index in [0.717, 1.165) is 19.4 Å². The van der Waals surface area contributed by atoms with Crippen LogP contribution in [0, 0.1) is 5.82 Å². The van der Waals surface area contributed by atoms with Crippen LogP contribution >= 0.6 is 0 Å². The molecule has 1 aromatic carbocycles. The van der Waals surface area contributed by atoms with Gasteiger partial charge in [-0.25, -0.2) is 9.37 Å². The van der Waals surface area contributed by atoms with E-state index in [1.54, 1.807) is 31.5 Å². The number of ether oxygens (including phenoxy) is 1. The molecule has 0 saturated carbocycles. The molecule has 5 nitrogen and oxygen atoms in total. The minimum atomic E-state index is -0.367. The van der Waals surface area contributed by atoms with Gasteiger partial charge < -0.3 is 9.64 Å². The lowest BCUT2D eigenvalue weighted by Gasteiger charge is -2.32. The van der Waals surface area contributed by atoms with Gasteiger partial charge in [-0.1, -0.05) is 6.07 Å². The molecule has 0 radical (unpaired) electrons. The van der Waals surface area contributed by atoms with Crippen molar-refractivity contribution in [1.29, 1.82) is 0 Å². The lowest BCUT2D eigenvalue weighted by atomic mass is 9.94. The monoisotopic (exact) mass is 315 g/mol. The molecule has 6 heteroatoms. The maximum atomic E-state index is 13.3. The van der Waals surface area contributed by atoms with Crippen molar-refractivity contribution in [2.75, 3.05) is 13.1 Å². The van der Waals surface area contributed by atoms with Gasteiger partial charge in [-0.15, -0.1) is 0 Å². The molecule has 0 aliphatic carbocycles. The van der Waals surface area contributed by atoms with Crippen LogP contribution in [0.2, 0.25) is 0 Å². The Hall–Kier alpha value is -2.50. The van der Waals surface area contributed by atoms with Crippen molar-refractivity contribution in [3.63, 3.8) is 0 Å². The van der Waals surface area contributed by atoms with Crippen molar-refractivity contribution in [3.05, 3.63) is 48.2 Å². The van der Waals surface area contributed by atoms with E-state index >= 15 is 0 Å². The van der Waals surface area contributed by atoms with Crippen molar-refractivity contribution in [2.45, 2.75) is 25.7 Å². The van der Waals surface area contributed by atoms with Crippen molar-refractivity contribution in [3.8, 4) is 11.6 Å². The summed E-state index contributed by atoms with van der Waals surface area (Å²) in [6, 6.07) is 5.92. The van der Waals surface area contributed by atoms with Crippen molar-refractivity contribution < 1.29 is 13.9 Å². The first-order chi connectivity index (χ1) is 11.1. The summed E-state index contributed by atoms with van der Waals surface area (Å²) in [4.78, 5) is 22.1. The van der Waals surface area contributed by atoms with Gasteiger partial charge in [-0.2, -0.15) is 0 Å². The Morgan fingerprint density at radius 3 is 2.96 bits per heavy atom. The Labute approximate surface area is 134 Å². The molecule has 1 aliphatic rings. The van der Waals surface area contributed by atoms with Gasteiger partial charge in [0.25, 0.3) is 0 Å². The highest BCUT2D eigenvalue weighted by molar-refractivity contribution is 5.73. The Morgan fingerprint density at radius 1 is 1.35 bits per heavy atom. The van der Waals surface area contributed by atoms with Gasteiger partial charge in [0.1, 0.15) is 17.3 Å². The molecule has 2 aromatic rings. The summed E-state index contributed by atoms with van der Waals surface area (Å²) in [6.07, 6.45) is 4.99. The van der Waals surface area contributed by atoms with E-state index in [1.165, 1.54) is 12.1 Å². The fourth-order valence-corrected chi connectivity index (χ4v) is 2.82. The first-order valence-corrected chi connectivity index (χ1v) is 7.63. The van der Waals surface area contributed by atoms with Gasteiger partial charge in [0.05, 0.1) is 0 Å². The molecule has 1 aliphatic heterocycles. The predicted molar refractivity (Wildman–Crippen MR) is 82.7 cm³/mol. The molecule has 120 valence electrons. The van der Waals surface area contributed by atoms with Crippen LogP contribution in [-0.4, -0.2) is 33.9 Å². The number of carbonyl (C=O) groups excluding carboxylic acids is 1. The van der Waals surface area contributed by atoms with Crippen LogP contribution in [0.3, 0.4) is 0 Å². The van der Waals surface area contributed by atoms with Gasteiger partial charge in [-0.05, 0) is 25.0 Å². The van der Waals surface area contributed by atoms with Gasteiger partial charge in [0.2, 0.25) is 11.8 Å². The third-order valence-corrected chi connectivity index (χ3v) is 3.96. The number of halogens is 1. The Morgan fingerprint density at radius 2 is 2.17 bits per heavy atom. The number of carbonyl (C=O) groups is 1. The van der Waals surface area contributed by atoms with E-state index in [2.05, 4.69) is 9.97 Å². The number of rotatable bonds is 3. The average Bonchev–Trinajstić information content (AvgIpc) is 2.55. The molecule has 1 saturated heterocycles. The third-order valence-electron chi connectivity index (χ3n) is 3.96. The van der Waals surface area contributed by atoms with Crippen LogP contribution in [0.1, 0.15) is 31.4 Å². The van der Waals surface area contributed by atoms with Crippen molar-refractivity contribution >= 4 is 5.91 Å². The van der Waals surface area contributed by atoms with Crippen LogP contribution in [0.4, 0.5) is 4.39 Å². The first kappa shape index (κ1) is 15.4. The predicted octanol–water partition coefficient (Wildman–Crippen LogP) is 3.13. The number of benzene rings is 1. The van der Waals surface area contributed by atoms with Crippen molar-refractivity contribution in [1.82, 2.24) is 14.9 Å². The maximum absolute atomic E-state index is 13.3. The van der Waals surface area contributed by atoms with Gasteiger partial charge in [0, 0.05) is 44.4 Å². The number of piperidine rings is 1. The molecule has 0 N–H and O–H groups in total. The summed E-state index contributed by atoms with van der Waals surface area (Å²) in [5.41, 5.74) is 0.711. The Kier molecular flexibility index (Phi) is 4.50. The second kappa shape index (κ2) is 6.73. The fraction of sp³-hybridized carbons (Fsp3) is 0.353. The molecular weight excluding hydrogens is 297 g/mol. The molecule has 2 heterocycles. The van der Waals surface area contributed by atoms with E-state index < -0.39 is 0 Å². The van der Waals surface area contributed by atoms with Crippen LogP contribution in [-0.2, 0) is 4.79 Å². The summed E-state index contributed by atoms with van der Waals surface area (Å²) < 4.78 is 19.0. The largest absolute Gasteiger partial charge is 0.437 e. The highest BCUT2D eigenvalue weighted by Gasteiger charge is 2.27. The van der Waals surface area contributed by atoms with E-state index in [4.69, 9.17) is 4.74 Å². The quantitative estimate of drug-likeness (QED) is 0.873. The van der Waals surface area contributed by atoms with Crippen LogP contribution in [0.15, 0.2) is 36.7 Å². The second-order valence-corrected chi connectivity index (χ2v) is 5.61. The zero-order chi connectivity index (χ0) is 16.2. The fourth-order valence-electron chi connectivity index (χ4n) is 2.82. The lowest BCUT2D eigenvalue weighted by Crippen LogP contribution is -2.38. The normalized spacial score (nSPS) is 17.8. The number of likely N-dealkylation sites (tertiary alicyclic amines) is 1. The molecule has 1 fully saturated rings. The molecule has 1 unspecified atom stereocenters. The number of hydrogen-bond donors (Lipinski definition) is 0. The van der Waals surface area contributed by atoms with Crippen LogP contribution < -0.4 is 4.74 Å². The van der Waals surface area contributed by atoms with Crippen molar-refractivity contribution in [2.24, 2.45) is 0 Å². The average molecular weight is 315 g/mol. The topological polar surface area (TPSA) is 55.3 Å². The molecule has 23 heavy (non-hydrogen) atoms. The summed E-state index contributed by atoms with van der Waals surface area (Å²) >= 11 is 0. The standard InChI is InChI=1S/C17H18FN3O2/c1-12(22)21-9-3-4-13(11-21)16-17(20-8-7-19-16)23-15-6-2-5-14(18)10-15/h2,5-8,10,13H,3-4,9,11H2,1H3. The number of amides is 1. The number of hydrogen-bond acceptors (Lipinski definition) is 4. The smallest absolute Gasteiger partial charge is 0.241 e. The van der Waals surface area contributed by atoms with Crippen LogP contribution in [0.5, 0.6) is 11.6 Å². The first-order valence-electron chi connectivity index (χ1n) is 7.63. The minimum Gasteiger partial charge on any atom is -0.437 e. The number of nitrogens with zero attached hydrogens (tertiary/aromatic N) is 3. The van der Waals surface area contributed by atoms with Gasteiger partial charge >= 0.3 is 0 Å². The van der Waals surface area contributed by atoms with Crippen LogP contribution in [0.25, 0.3) is 0 Å². The van der Waals surface area contributed by atoms with E-state index in [9.17, 15) is 9.18 Å². The van der Waals surface area contributed by atoms with E-state index in [0.29, 0.717) is 23.9 Å². The summed E-state index contributed by atoms with van der Waals surface area (Å²) in [5, 5.41) is 0. The zero-order valence-electron chi connectivity index (χ0n) is 12.9. The molecule has 0 spiro atoms. The lowest BCUT2D eigenvalue weighted by molar-refractivity contribution is -0.130. The minimum absolute atomic E-state index is 0.0613. The summed E-state index contributed by atoms with van der Waals surface area (Å²) in [6.45, 7) is 2.95. The molecule has 1 atom stereocenters. The van der Waals surface area contributed by atoms with Gasteiger partial charge in [0.15, 0.2) is 0 Å². The molecular formula is C17H18FN3O2. The highest BCUT2D eigenvalue weighted by atomic mass is 19.1. The maximum Gasteiger partial charge on any atom is 0.241 e. The molecule has 0 bridgehead atoms. The SMILES string of the molecule is CC(=O)N1CCCC(c2nccnc2Oc2cccc(F)c2)C1. The Bertz CT molecular complexity index is 708. The summed E-state index contributed by atoms with van der Waals surface area (Å²) in [5.74, 6) is 0.518. The molecule has 1 amide bonds. The second-order valence-electron chi connectivity index (χ2n) is 5.61. The zero-order valence-corrected chi connectivity index (χ0v) is 12.9. The summed E-state index contributed by atoms with van der Waals surface area (Å²) in [7, 11) is 0. The molecule has 1 aromatic heterocycles. The van der Waals surface area contributed by atoms with Gasteiger partial charge in [-0.3, -0.25) is 9.78 Å². The number of aromatic nitrogens is 2.